The molecule has 0 saturated carbocycles. The van der Waals surface area contributed by atoms with Gasteiger partial charge in [-0.15, -0.1) is 0 Å². The number of alkyl halides is 3. The summed E-state index contributed by atoms with van der Waals surface area (Å²) in [6.07, 6.45) is -1.51. The quantitative estimate of drug-likeness (QED) is 0.574. The molecular formula is C17H14F3N5O. The fraction of sp³-hybridized carbons (Fsp3) is 0.176. The summed E-state index contributed by atoms with van der Waals surface area (Å²) in [5.74, 6) is -1.82. The molecular weight excluding hydrogens is 347 g/mol. The summed E-state index contributed by atoms with van der Waals surface area (Å²) in [5, 5.41) is 3.91. The minimum Gasteiger partial charge on any atom is -0.311 e. The van der Waals surface area contributed by atoms with Crippen LogP contribution >= 0.6 is 0 Å². The second kappa shape index (κ2) is 6.95. The monoisotopic (exact) mass is 361 g/mol. The molecule has 0 fully saturated rings. The summed E-state index contributed by atoms with van der Waals surface area (Å²) < 4.78 is 40.5. The first-order valence-corrected chi connectivity index (χ1v) is 7.62. The first-order chi connectivity index (χ1) is 12.4. The maximum Gasteiger partial charge on any atom is 0.449 e. The molecule has 0 aliphatic rings. The van der Waals surface area contributed by atoms with E-state index in [2.05, 4.69) is 20.5 Å². The van der Waals surface area contributed by atoms with Crippen molar-refractivity contribution in [2.45, 2.75) is 19.6 Å². The minimum absolute atomic E-state index is 0.169. The van der Waals surface area contributed by atoms with Gasteiger partial charge in [0.2, 0.25) is 5.82 Å². The molecule has 134 valence electrons. The number of rotatable bonds is 4. The van der Waals surface area contributed by atoms with Crippen LogP contribution in [-0.2, 0) is 17.5 Å². The van der Waals surface area contributed by atoms with Gasteiger partial charge in [0.1, 0.15) is 6.54 Å². The van der Waals surface area contributed by atoms with Gasteiger partial charge in [-0.2, -0.15) is 18.3 Å². The number of hydrogen-bond acceptors (Lipinski definition) is 4. The Balaban J connectivity index is 1.83. The lowest BCUT2D eigenvalue weighted by molar-refractivity contribution is -0.147. The number of imidazole rings is 1. The number of hydrazone groups is 1. The van der Waals surface area contributed by atoms with Gasteiger partial charge in [-0.25, -0.2) is 10.4 Å². The maximum absolute atomic E-state index is 13.2. The fourth-order valence-electron chi connectivity index (χ4n) is 2.42. The minimum atomic E-state index is -4.67. The van der Waals surface area contributed by atoms with Crippen LogP contribution in [0.3, 0.4) is 0 Å². The molecule has 0 spiro atoms. The van der Waals surface area contributed by atoms with E-state index in [9.17, 15) is 18.0 Å². The van der Waals surface area contributed by atoms with Gasteiger partial charge in [0.15, 0.2) is 0 Å². The molecule has 2 heterocycles. The third-order valence-corrected chi connectivity index (χ3v) is 3.64. The number of fused-ring (bicyclic) bond motifs is 1. The van der Waals surface area contributed by atoms with Crippen LogP contribution in [0.1, 0.15) is 18.3 Å². The van der Waals surface area contributed by atoms with Crippen molar-refractivity contribution in [2.24, 2.45) is 5.10 Å². The van der Waals surface area contributed by atoms with Crippen LogP contribution in [-0.4, -0.2) is 26.2 Å². The van der Waals surface area contributed by atoms with Crippen molar-refractivity contribution in [3.05, 3.63) is 60.2 Å². The first kappa shape index (κ1) is 17.6. The Hall–Kier alpha value is -3.23. The highest BCUT2D eigenvalue weighted by molar-refractivity contribution is 5.98. The molecule has 1 N–H and O–H groups in total. The van der Waals surface area contributed by atoms with E-state index in [1.54, 1.807) is 43.6 Å². The number of carbonyl (C=O) groups excluding carboxylic acids is 1. The number of halogens is 3. The Morgan fingerprint density at radius 3 is 2.69 bits per heavy atom. The summed E-state index contributed by atoms with van der Waals surface area (Å²) >= 11 is 0. The molecule has 9 heteroatoms. The van der Waals surface area contributed by atoms with Gasteiger partial charge in [0.05, 0.1) is 16.7 Å². The van der Waals surface area contributed by atoms with Crippen molar-refractivity contribution in [2.75, 3.05) is 0 Å². The number of benzene rings is 1. The van der Waals surface area contributed by atoms with E-state index < -0.39 is 24.5 Å². The van der Waals surface area contributed by atoms with E-state index in [-0.39, 0.29) is 11.0 Å². The van der Waals surface area contributed by atoms with Gasteiger partial charge in [-0.3, -0.25) is 9.78 Å². The van der Waals surface area contributed by atoms with E-state index in [0.717, 1.165) is 4.57 Å². The van der Waals surface area contributed by atoms with Crippen LogP contribution < -0.4 is 5.43 Å². The highest BCUT2D eigenvalue weighted by atomic mass is 19.4. The van der Waals surface area contributed by atoms with Gasteiger partial charge < -0.3 is 4.57 Å². The number of nitrogens with zero attached hydrogens (tertiary/aromatic N) is 4. The number of carbonyl (C=O) groups is 1. The molecule has 0 bridgehead atoms. The zero-order valence-corrected chi connectivity index (χ0v) is 13.7. The second-order valence-electron chi connectivity index (χ2n) is 5.48. The molecule has 6 nitrogen and oxygen atoms in total. The van der Waals surface area contributed by atoms with E-state index >= 15 is 0 Å². The summed E-state index contributed by atoms with van der Waals surface area (Å²) in [4.78, 5) is 19.6. The third kappa shape index (κ3) is 3.71. The van der Waals surface area contributed by atoms with Gasteiger partial charge in [0.25, 0.3) is 5.91 Å². The first-order valence-electron chi connectivity index (χ1n) is 7.62. The van der Waals surface area contributed by atoms with Crippen LogP contribution in [0, 0.1) is 0 Å². The predicted octanol–water partition coefficient (Wildman–Crippen LogP) is 2.99. The number of nitrogens with one attached hydrogen (secondary N) is 1. The number of pyridine rings is 1. The van der Waals surface area contributed by atoms with Gasteiger partial charge in [-0.1, -0.05) is 18.2 Å². The highest BCUT2D eigenvalue weighted by Gasteiger charge is 2.37. The van der Waals surface area contributed by atoms with E-state index in [1.807, 2.05) is 0 Å². The predicted molar refractivity (Wildman–Crippen MR) is 89.3 cm³/mol. The average Bonchev–Trinajstić information content (AvgIpc) is 2.99. The summed E-state index contributed by atoms with van der Waals surface area (Å²) in [6.45, 7) is 1.10. The molecule has 3 rings (SSSR count). The van der Waals surface area contributed by atoms with Crippen molar-refractivity contribution in [3.63, 3.8) is 0 Å². The van der Waals surface area contributed by atoms with Crippen molar-refractivity contribution in [1.82, 2.24) is 20.0 Å². The Morgan fingerprint density at radius 1 is 1.23 bits per heavy atom. The molecule has 0 saturated heterocycles. The molecule has 0 atom stereocenters. The Labute approximate surface area is 146 Å². The van der Waals surface area contributed by atoms with Gasteiger partial charge in [0, 0.05) is 18.0 Å². The molecule has 0 radical (unpaired) electrons. The van der Waals surface area contributed by atoms with Crippen molar-refractivity contribution in [3.8, 4) is 0 Å². The lowest BCUT2D eigenvalue weighted by Gasteiger charge is -2.10. The van der Waals surface area contributed by atoms with Gasteiger partial charge in [-0.05, 0) is 25.1 Å². The Bertz CT molecular complexity index is 963. The van der Waals surface area contributed by atoms with E-state index in [1.165, 1.54) is 12.1 Å². The van der Waals surface area contributed by atoms with Crippen LogP contribution in [0.15, 0.2) is 53.9 Å². The van der Waals surface area contributed by atoms with Crippen molar-refractivity contribution < 1.29 is 18.0 Å². The summed E-state index contributed by atoms with van der Waals surface area (Å²) in [7, 11) is 0. The van der Waals surface area contributed by atoms with Crippen LogP contribution in [0.2, 0.25) is 0 Å². The van der Waals surface area contributed by atoms with Crippen LogP contribution in [0.5, 0.6) is 0 Å². The molecule has 26 heavy (non-hydrogen) atoms. The normalized spacial score (nSPS) is 12.4. The third-order valence-electron chi connectivity index (χ3n) is 3.64. The molecule has 2 aromatic heterocycles. The van der Waals surface area contributed by atoms with E-state index in [4.69, 9.17) is 0 Å². The smallest absolute Gasteiger partial charge is 0.311 e. The van der Waals surface area contributed by atoms with Crippen molar-refractivity contribution >= 4 is 22.7 Å². The topological polar surface area (TPSA) is 72.2 Å². The van der Waals surface area contributed by atoms with Crippen molar-refractivity contribution in [1.29, 1.82) is 0 Å². The number of para-hydroxylation sites is 2. The standard InChI is InChI=1S/C17H14F3N5O/c1-11(12-5-4-8-21-9-12)23-24-15(26)10-25-14-7-3-2-6-13(14)22-16(25)17(18,19)20/h2-9H,10H2,1H3,(H,24,26)/b23-11-. The summed E-state index contributed by atoms with van der Waals surface area (Å²) in [6, 6.07) is 9.58. The molecule has 0 aliphatic heterocycles. The molecule has 0 aliphatic carbocycles. The molecule has 3 aromatic rings. The van der Waals surface area contributed by atoms with E-state index in [0.29, 0.717) is 11.3 Å². The SMILES string of the molecule is C/C(=N/NC(=O)Cn1c(C(F)(F)F)nc2ccccc21)c1cccnc1. The molecule has 1 aromatic carbocycles. The maximum atomic E-state index is 13.2. The Kier molecular flexibility index (Phi) is 4.70. The van der Waals surface area contributed by atoms with Gasteiger partial charge >= 0.3 is 6.18 Å². The number of amides is 1. The molecule has 1 amide bonds. The average molecular weight is 361 g/mol. The number of hydrogen-bond donors (Lipinski definition) is 1. The lowest BCUT2D eigenvalue weighted by atomic mass is 10.2. The largest absolute Gasteiger partial charge is 0.449 e. The summed E-state index contributed by atoms with van der Waals surface area (Å²) in [5.41, 5.74) is 3.84. The second-order valence-corrected chi connectivity index (χ2v) is 5.48. The highest BCUT2D eigenvalue weighted by Crippen LogP contribution is 2.31. The zero-order chi connectivity index (χ0) is 18.7. The number of aromatic nitrogens is 3. The van der Waals surface area contributed by atoms with Crippen LogP contribution in [0.25, 0.3) is 11.0 Å². The fourth-order valence-corrected chi connectivity index (χ4v) is 2.42. The van der Waals surface area contributed by atoms with Crippen LogP contribution in [0.4, 0.5) is 13.2 Å². The lowest BCUT2D eigenvalue weighted by Crippen LogP contribution is -2.27. The molecule has 0 unspecified atom stereocenters. The Morgan fingerprint density at radius 2 is 2.00 bits per heavy atom. The zero-order valence-electron chi connectivity index (χ0n) is 13.7.